The summed E-state index contributed by atoms with van der Waals surface area (Å²) in [5.41, 5.74) is 4.77. The summed E-state index contributed by atoms with van der Waals surface area (Å²) < 4.78 is 10.7. The van der Waals surface area contributed by atoms with Gasteiger partial charge in [0.2, 0.25) is 0 Å². The Morgan fingerprint density at radius 3 is 2.42 bits per heavy atom. The lowest BCUT2D eigenvalue weighted by Crippen LogP contribution is -2.25. The van der Waals surface area contributed by atoms with E-state index in [9.17, 15) is 14.7 Å². The monoisotopic (exact) mass is 607 g/mol. The van der Waals surface area contributed by atoms with Gasteiger partial charge in [-0.1, -0.05) is 56.7 Å². The molecule has 1 aliphatic rings. The van der Waals surface area contributed by atoms with E-state index in [0.29, 0.717) is 12.3 Å². The number of carbonyl (C=O) groups is 1. The number of amides is 1. The molecule has 5 rings (SSSR count). The number of pyridine rings is 1. The Bertz CT molecular complexity index is 1600. The number of aryl methyl sites for hydroxylation is 1. The molecule has 2 heterocycles. The summed E-state index contributed by atoms with van der Waals surface area (Å²) in [6.07, 6.45) is 13.8. The van der Waals surface area contributed by atoms with Crippen molar-refractivity contribution in [1.29, 1.82) is 0 Å². The van der Waals surface area contributed by atoms with Crippen molar-refractivity contribution in [3.63, 3.8) is 0 Å². The molecule has 0 fully saturated rings. The molecule has 1 aliphatic carbocycles. The lowest BCUT2D eigenvalue weighted by Gasteiger charge is -2.21. The van der Waals surface area contributed by atoms with Crippen molar-refractivity contribution in [1.82, 2.24) is 10.3 Å². The van der Waals surface area contributed by atoms with Gasteiger partial charge in [0.15, 0.2) is 11.2 Å². The van der Waals surface area contributed by atoms with E-state index in [0.717, 1.165) is 56.7 Å². The second-order valence-electron chi connectivity index (χ2n) is 11.1. The highest BCUT2D eigenvalue weighted by molar-refractivity contribution is 5.94. The predicted octanol–water partition coefficient (Wildman–Crippen LogP) is 7.32. The van der Waals surface area contributed by atoms with Crippen LogP contribution in [-0.4, -0.2) is 36.2 Å². The second-order valence-corrected chi connectivity index (χ2v) is 11.1. The zero-order valence-electron chi connectivity index (χ0n) is 24.9. The SMILES string of the molecule is COc1cc(O)c2c(=O)cc(C(=O)NCCCCCCCCCCNc3c4c(nc5ccccc35)CCCC4)oc2c1.Cl. The number of methoxy groups -OCH3 is 1. The van der Waals surface area contributed by atoms with Crippen LogP contribution in [0.2, 0.25) is 0 Å². The Balaban J connectivity index is 0.00000423. The molecular weight excluding hydrogens is 566 g/mol. The van der Waals surface area contributed by atoms with Crippen LogP contribution in [0.4, 0.5) is 5.69 Å². The van der Waals surface area contributed by atoms with E-state index in [1.807, 2.05) is 0 Å². The van der Waals surface area contributed by atoms with Gasteiger partial charge < -0.3 is 24.9 Å². The normalized spacial score (nSPS) is 12.5. The first-order valence-electron chi connectivity index (χ1n) is 15.3. The number of benzene rings is 2. The molecule has 0 spiro atoms. The molecule has 9 heteroatoms. The first-order valence-corrected chi connectivity index (χ1v) is 15.3. The number of rotatable bonds is 14. The molecule has 230 valence electrons. The standard InChI is InChI=1S/C34H41N3O5.ClH/c1-41-23-20-28(38)32-29(39)22-31(42-30(32)21-23)34(40)36-19-13-7-5-3-2-4-6-12-18-35-33-24-14-8-10-16-26(24)37-27-17-11-9-15-25(27)33;/h8,10,14,16,20-22,38H,2-7,9,11-13,15,17-19H2,1H3,(H,35,37)(H,36,40);1H. The van der Waals surface area contributed by atoms with Gasteiger partial charge in [0, 0.05) is 48.1 Å². The number of anilines is 1. The Morgan fingerprint density at radius 2 is 1.65 bits per heavy atom. The zero-order chi connectivity index (χ0) is 29.3. The van der Waals surface area contributed by atoms with Crippen LogP contribution in [0, 0.1) is 0 Å². The summed E-state index contributed by atoms with van der Waals surface area (Å²) in [4.78, 5) is 29.9. The number of nitrogens with one attached hydrogen (secondary N) is 2. The summed E-state index contributed by atoms with van der Waals surface area (Å²) in [5, 5.41) is 17.9. The van der Waals surface area contributed by atoms with Crippen molar-refractivity contribution >= 4 is 45.9 Å². The average molecular weight is 608 g/mol. The summed E-state index contributed by atoms with van der Waals surface area (Å²) in [5.74, 6) is -0.412. The lowest BCUT2D eigenvalue weighted by molar-refractivity contribution is 0.0925. The highest BCUT2D eigenvalue weighted by Gasteiger charge is 2.18. The van der Waals surface area contributed by atoms with Gasteiger partial charge >= 0.3 is 0 Å². The average Bonchev–Trinajstić information content (AvgIpc) is 3.00. The van der Waals surface area contributed by atoms with Crippen LogP contribution in [0.5, 0.6) is 11.5 Å². The number of ether oxygens (including phenoxy) is 1. The number of aromatic hydroxyl groups is 1. The number of halogens is 1. The molecule has 1 amide bonds. The number of fused-ring (bicyclic) bond motifs is 3. The molecule has 0 unspecified atom stereocenters. The fourth-order valence-corrected chi connectivity index (χ4v) is 5.86. The fourth-order valence-electron chi connectivity index (χ4n) is 5.86. The number of hydrogen-bond acceptors (Lipinski definition) is 7. The third kappa shape index (κ3) is 7.99. The maximum absolute atomic E-state index is 12.5. The number of phenols is 1. The minimum Gasteiger partial charge on any atom is -0.507 e. The molecule has 2 aromatic carbocycles. The van der Waals surface area contributed by atoms with Gasteiger partial charge in [0.25, 0.3) is 5.91 Å². The van der Waals surface area contributed by atoms with Crippen LogP contribution in [0.3, 0.4) is 0 Å². The molecule has 0 saturated carbocycles. The van der Waals surface area contributed by atoms with Crippen LogP contribution in [0.25, 0.3) is 21.9 Å². The topological polar surface area (TPSA) is 114 Å². The molecule has 2 aromatic heterocycles. The van der Waals surface area contributed by atoms with Gasteiger partial charge in [-0.15, -0.1) is 12.4 Å². The van der Waals surface area contributed by atoms with Crippen molar-refractivity contribution in [2.75, 3.05) is 25.5 Å². The summed E-state index contributed by atoms with van der Waals surface area (Å²) in [7, 11) is 1.45. The Hall–Kier alpha value is -3.78. The molecule has 0 aliphatic heterocycles. The van der Waals surface area contributed by atoms with E-state index in [2.05, 4.69) is 34.9 Å². The molecule has 8 nitrogen and oxygen atoms in total. The first-order chi connectivity index (χ1) is 20.5. The molecular formula is C34H42ClN3O5. The van der Waals surface area contributed by atoms with Crippen LogP contribution >= 0.6 is 12.4 Å². The Kier molecular flexibility index (Phi) is 11.7. The third-order valence-corrected chi connectivity index (χ3v) is 8.10. The van der Waals surface area contributed by atoms with Gasteiger partial charge in [-0.25, -0.2) is 0 Å². The van der Waals surface area contributed by atoms with E-state index in [1.54, 1.807) is 0 Å². The smallest absolute Gasteiger partial charge is 0.287 e. The molecule has 0 saturated heterocycles. The summed E-state index contributed by atoms with van der Waals surface area (Å²) in [6.45, 7) is 1.51. The summed E-state index contributed by atoms with van der Waals surface area (Å²) >= 11 is 0. The largest absolute Gasteiger partial charge is 0.507 e. The molecule has 4 aromatic rings. The molecule has 0 bridgehead atoms. The van der Waals surface area contributed by atoms with Crippen molar-refractivity contribution in [2.45, 2.75) is 77.0 Å². The van der Waals surface area contributed by atoms with Gasteiger partial charge in [-0.05, 0) is 50.2 Å². The lowest BCUT2D eigenvalue weighted by atomic mass is 9.92. The van der Waals surface area contributed by atoms with E-state index in [-0.39, 0.29) is 34.9 Å². The number of unbranched alkanes of at least 4 members (excludes halogenated alkanes) is 7. The van der Waals surface area contributed by atoms with E-state index < -0.39 is 11.3 Å². The number of nitrogens with zero attached hydrogens (tertiary/aromatic N) is 1. The number of phenolic OH excluding ortho intramolecular Hbond substituents is 1. The van der Waals surface area contributed by atoms with Crippen molar-refractivity contribution in [3.05, 3.63) is 69.7 Å². The highest BCUT2D eigenvalue weighted by atomic mass is 35.5. The first kappa shape index (κ1) is 32.1. The zero-order valence-corrected chi connectivity index (χ0v) is 25.7. The minimum atomic E-state index is -0.470. The van der Waals surface area contributed by atoms with Gasteiger partial charge in [0.1, 0.15) is 22.5 Å². The summed E-state index contributed by atoms with van der Waals surface area (Å²) in [6, 6.07) is 12.4. The predicted molar refractivity (Wildman–Crippen MR) is 174 cm³/mol. The van der Waals surface area contributed by atoms with Gasteiger partial charge in [-0.2, -0.15) is 0 Å². The van der Waals surface area contributed by atoms with Crippen LogP contribution in [0.1, 0.15) is 86.0 Å². The van der Waals surface area contributed by atoms with Crippen molar-refractivity contribution < 1.29 is 19.1 Å². The number of para-hydroxylation sites is 1. The highest BCUT2D eigenvalue weighted by Crippen LogP contribution is 2.33. The van der Waals surface area contributed by atoms with E-state index in [1.165, 1.54) is 80.1 Å². The van der Waals surface area contributed by atoms with Gasteiger partial charge in [-0.3, -0.25) is 14.6 Å². The molecule has 0 atom stereocenters. The maximum Gasteiger partial charge on any atom is 0.287 e. The maximum atomic E-state index is 12.5. The Labute approximate surface area is 258 Å². The fraction of sp³-hybridized carbons (Fsp3) is 0.441. The number of carbonyl (C=O) groups excluding carboxylic acids is 1. The van der Waals surface area contributed by atoms with Crippen LogP contribution < -0.4 is 20.8 Å². The number of hydrogen-bond donors (Lipinski definition) is 3. The van der Waals surface area contributed by atoms with E-state index in [4.69, 9.17) is 14.1 Å². The third-order valence-electron chi connectivity index (χ3n) is 8.10. The van der Waals surface area contributed by atoms with Crippen molar-refractivity contribution in [2.24, 2.45) is 0 Å². The van der Waals surface area contributed by atoms with Gasteiger partial charge in [0.05, 0.1) is 12.6 Å². The quantitative estimate of drug-likeness (QED) is 0.129. The number of aromatic nitrogens is 1. The molecule has 3 N–H and O–H groups in total. The molecule has 0 radical (unpaired) electrons. The van der Waals surface area contributed by atoms with Crippen molar-refractivity contribution in [3.8, 4) is 11.5 Å². The molecule has 43 heavy (non-hydrogen) atoms. The van der Waals surface area contributed by atoms with Crippen LogP contribution in [0.15, 0.2) is 51.7 Å². The second kappa shape index (κ2) is 15.6. The minimum absolute atomic E-state index is 0. The van der Waals surface area contributed by atoms with Crippen LogP contribution in [-0.2, 0) is 12.8 Å². The van der Waals surface area contributed by atoms with E-state index >= 15 is 0 Å². The Morgan fingerprint density at radius 1 is 0.953 bits per heavy atom.